The third-order valence-electron chi connectivity index (χ3n) is 2.88. The zero-order chi connectivity index (χ0) is 14.9. The molecule has 0 amide bonds. The number of rotatable bonds is 4. The Kier molecular flexibility index (Phi) is 3.96. The van der Waals surface area contributed by atoms with Gasteiger partial charge in [-0.1, -0.05) is 12.1 Å². The number of carbonyl (C=O) groups is 1. The molecule has 0 saturated heterocycles. The predicted octanol–water partition coefficient (Wildman–Crippen LogP) is 3.04. The molecule has 2 aromatic rings. The summed E-state index contributed by atoms with van der Waals surface area (Å²) in [5.74, 6) is -1.21. The SMILES string of the molecule is Cc1ccc(C)c(S(=O)(=O)Cc2ccc(C(=O)O)s2)c1. The van der Waals surface area contributed by atoms with Gasteiger partial charge in [-0.15, -0.1) is 11.3 Å². The molecule has 1 aromatic carbocycles. The lowest BCUT2D eigenvalue weighted by molar-refractivity contribution is 0.0702. The largest absolute Gasteiger partial charge is 0.477 e. The van der Waals surface area contributed by atoms with E-state index in [-0.39, 0.29) is 10.6 Å². The van der Waals surface area contributed by atoms with E-state index in [0.717, 1.165) is 16.9 Å². The second-order valence-electron chi connectivity index (χ2n) is 4.60. The molecule has 4 nitrogen and oxygen atoms in total. The minimum Gasteiger partial charge on any atom is -0.477 e. The Bertz CT molecular complexity index is 757. The minimum atomic E-state index is -3.46. The zero-order valence-corrected chi connectivity index (χ0v) is 12.7. The molecule has 1 N–H and O–H groups in total. The number of carboxylic acids is 1. The molecular weight excluding hydrogens is 296 g/mol. The Morgan fingerprint density at radius 2 is 1.90 bits per heavy atom. The number of sulfone groups is 1. The number of aromatic carboxylic acids is 1. The molecule has 0 aliphatic rings. The minimum absolute atomic E-state index is 0.149. The van der Waals surface area contributed by atoms with Gasteiger partial charge in [0, 0.05) is 4.88 Å². The molecule has 2 rings (SSSR count). The fraction of sp³-hybridized carbons (Fsp3) is 0.214. The van der Waals surface area contributed by atoms with E-state index in [1.807, 2.05) is 13.0 Å². The van der Waals surface area contributed by atoms with Crippen molar-refractivity contribution in [3.05, 3.63) is 51.2 Å². The Labute approximate surface area is 121 Å². The van der Waals surface area contributed by atoms with Crippen molar-refractivity contribution in [3.63, 3.8) is 0 Å². The highest BCUT2D eigenvalue weighted by atomic mass is 32.2. The molecule has 0 atom stereocenters. The molecule has 0 aliphatic heterocycles. The third-order valence-corrected chi connectivity index (χ3v) is 5.94. The van der Waals surface area contributed by atoms with Crippen LogP contribution < -0.4 is 0 Å². The van der Waals surface area contributed by atoms with Crippen LogP contribution in [0.25, 0.3) is 0 Å². The molecule has 0 aliphatic carbocycles. The van der Waals surface area contributed by atoms with Gasteiger partial charge in [-0.3, -0.25) is 0 Å². The quantitative estimate of drug-likeness (QED) is 0.942. The van der Waals surface area contributed by atoms with Crippen LogP contribution in [0.3, 0.4) is 0 Å². The van der Waals surface area contributed by atoms with Crippen LogP contribution in [-0.2, 0) is 15.6 Å². The Hall–Kier alpha value is -1.66. The van der Waals surface area contributed by atoms with Crippen molar-refractivity contribution in [3.8, 4) is 0 Å². The maximum Gasteiger partial charge on any atom is 0.345 e. The van der Waals surface area contributed by atoms with Gasteiger partial charge >= 0.3 is 5.97 Å². The number of carboxylic acid groups (broad SMARTS) is 1. The average molecular weight is 310 g/mol. The number of hydrogen-bond acceptors (Lipinski definition) is 4. The number of hydrogen-bond donors (Lipinski definition) is 1. The van der Waals surface area contributed by atoms with Crippen molar-refractivity contribution >= 4 is 27.1 Å². The third kappa shape index (κ3) is 3.08. The van der Waals surface area contributed by atoms with E-state index in [0.29, 0.717) is 15.3 Å². The van der Waals surface area contributed by atoms with Crippen LogP contribution in [-0.4, -0.2) is 19.5 Å². The van der Waals surface area contributed by atoms with E-state index in [2.05, 4.69) is 0 Å². The van der Waals surface area contributed by atoms with Crippen LogP contribution in [0.2, 0.25) is 0 Å². The van der Waals surface area contributed by atoms with E-state index in [4.69, 9.17) is 5.11 Å². The number of aryl methyl sites for hydroxylation is 2. The van der Waals surface area contributed by atoms with E-state index < -0.39 is 15.8 Å². The van der Waals surface area contributed by atoms with E-state index in [1.165, 1.54) is 6.07 Å². The summed E-state index contributed by atoms with van der Waals surface area (Å²) < 4.78 is 24.8. The summed E-state index contributed by atoms with van der Waals surface area (Å²) in [5, 5.41) is 8.85. The fourth-order valence-corrected chi connectivity index (χ4v) is 4.77. The van der Waals surface area contributed by atoms with Crippen LogP contribution >= 0.6 is 11.3 Å². The van der Waals surface area contributed by atoms with Gasteiger partial charge in [0.2, 0.25) is 0 Å². The Morgan fingerprint density at radius 3 is 2.50 bits per heavy atom. The Balaban J connectivity index is 2.35. The second-order valence-corrected chi connectivity index (χ2v) is 7.73. The summed E-state index contributed by atoms with van der Waals surface area (Å²) in [7, 11) is -3.46. The first kappa shape index (κ1) is 14.7. The van der Waals surface area contributed by atoms with Crippen molar-refractivity contribution in [2.24, 2.45) is 0 Å². The molecule has 0 spiro atoms. The molecule has 106 valence electrons. The van der Waals surface area contributed by atoms with E-state index >= 15 is 0 Å². The maximum atomic E-state index is 12.4. The van der Waals surface area contributed by atoms with Crippen LogP contribution in [0.4, 0.5) is 0 Å². The Morgan fingerprint density at radius 1 is 1.20 bits per heavy atom. The van der Waals surface area contributed by atoms with Crippen molar-refractivity contribution in [1.29, 1.82) is 0 Å². The summed E-state index contributed by atoms with van der Waals surface area (Å²) in [6.07, 6.45) is 0. The molecule has 0 saturated carbocycles. The summed E-state index contributed by atoms with van der Waals surface area (Å²) in [5.41, 5.74) is 1.58. The van der Waals surface area contributed by atoms with Crippen LogP contribution in [0, 0.1) is 13.8 Å². The lowest BCUT2D eigenvalue weighted by Crippen LogP contribution is -2.06. The van der Waals surface area contributed by atoms with Gasteiger partial charge in [0.1, 0.15) is 4.88 Å². The van der Waals surface area contributed by atoms with Crippen LogP contribution in [0.15, 0.2) is 35.2 Å². The molecule has 6 heteroatoms. The van der Waals surface area contributed by atoms with Gasteiger partial charge < -0.3 is 5.11 Å². The monoisotopic (exact) mass is 310 g/mol. The topological polar surface area (TPSA) is 71.4 Å². The molecule has 0 radical (unpaired) electrons. The van der Waals surface area contributed by atoms with Gasteiger partial charge in [0.05, 0.1) is 10.6 Å². The van der Waals surface area contributed by atoms with Crippen molar-refractivity contribution in [1.82, 2.24) is 0 Å². The van der Waals surface area contributed by atoms with Crippen LogP contribution in [0.5, 0.6) is 0 Å². The first-order chi connectivity index (χ1) is 9.29. The van der Waals surface area contributed by atoms with Crippen LogP contribution in [0.1, 0.15) is 25.7 Å². The number of thiophene rings is 1. The molecule has 1 aromatic heterocycles. The second kappa shape index (κ2) is 5.38. The lowest BCUT2D eigenvalue weighted by atomic mass is 10.2. The predicted molar refractivity (Wildman–Crippen MR) is 78.1 cm³/mol. The van der Waals surface area contributed by atoms with Crippen molar-refractivity contribution < 1.29 is 18.3 Å². The molecule has 0 fully saturated rings. The van der Waals surface area contributed by atoms with Gasteiger partial charge in [-0.25, -0.2) is 13.2 Å². The molecule has 20 heavy (non-hydrogen) atoms. The summed E-state index contributed by atoms with van der Waals surface area (Å²) in [4.78, 5) is 11.8. The molecule has 0 unspecified atom stereocenters. The average Bonchev–Trinajstić information content (AvgIpc) is 2.80. The smallest absolute Gasteiger partial charge is 0.345 e. The van der Waals surface area contributed by atoms with Gasteiger partial charge in [-0.2, -0.15) is 0 Å². The van der Waals surface area contributed by atoms with Gasteiger partial charge in [0.15, 0.2) is 9.84 Å². The van der Waals surface area contributed by atoms with Crippen molar-refractivity contribution in [2.75, 3.05) is 0 Å². The highest BCUT2D eigenvalue weighted by Gasteiger charge is 2.19. The fourth-order valence-electron chi connectivity index (χ4n) is 1.88. The first-order valence-corrected chi connectivity index (χ1v) is 8.38. The van der Waals surface area contributed by atoms with Gasteiger partial charge in [0.25, 0.3) is 0 Å². The summed E-state index contributed by atoms with van der Waals surface area (Å²) in [6.45, 7) is 3.59. The highest BCUT2D eigenvalue weighted by Crippen LogP contribution is 2.25. The molecule has 0 bridgehead atoms. The van der Waals surface area contributed by atoms with E-state index in [1.54, 1.807) is 25.1 Å². The first-order valence-electron chi connectivity index (χ1n) is 5.91. The summed E-state index contributed by atoms with van der Waals surface area (Å²) in [6, 6.07) is 8.27. The highest BCUT2D eigenvalue weighted by molar-refractivity contribution is 7.90. The lowest BCUT2D eigenvalue weighted by Gasteiger charge is -2.07. The zero-order valence-electron chi connectivity index (χ0n) is 11.1. The standard InChI is InChI=1S/C14H14O4S2/c1-9-3-4-10(2)13(7-9)20(17,18)8-11-5-6-12(19-11)14(15)16/h3-7H,8H2,1-2H3,(H,15,16). The van der Waals surface area contributed by atoms with Gasteiger partial charge in [-0.05, 0) is 43.2 Å². The maximum absolute atomic E-state index is 12.4. The molecular formula is C14H14O4S2. The summed E-state index contributed by atoms with van der Waals surface area (Å²) >= 11 is 0.994. The van der Waals surface area contributed by atoms with Crippen molar-refractivity contribution in [2.45, 2.75) is 24.5 Å². The van der Waals surface area contributed by atoms with E-state index in [9.17, 15) is 13.2 Å². The normalized spacial score (nSPS) is 11.5. The molecule has 1 heterocycles. The number of benzene rings is 1.